The zero-order valence-electron chi connectivity index (χ0n) is 10.7. The number of nitrogens with two attached hydrogens (primary N) is 1. The first-order valence-electron chi connectivity index (χ1n) is 6.08. The molecule has 0 radical (unpaired) electrons. The molecule has 0 aliphatic heterocycles. The second kappa shape index (κ2) is 5.06. The Morgan fingerprint density at radius 2 is 2.39 bits per heavy atom. The molecule has 1 unspecified atom stereocenters. The lowest BCUT2D eigenvalue weighted by Crippen LogP contribution is -2.36. The van der Waals surface area contributed by atoms with Gasteiger partial charge in [0.15, 0.2) is 5.82 Å². The molecule has 6 heteroatoms. The van der Waals surface area contributed by atoms with Crippen LogP contribution in [0.25, 0.3) is 0 Å². The van der Waals surface area contributed by atoms with Crippen molar-refractivity contribution in [3.05, 3.63) is 22.7 Å². The number of rotatable bonds is 5. The average Bonchev–Trinajstić information content (AvgIpc) is 3.12. The summed E-state index contributed by atoms with van der Waals surface area (Å²) in [5, 5.41) is 0. The van der Waals surface area contributed by atoms with E-state index in [1.807, 2.05) is 18.9 Å². The van der Waals surface area contributed by atoms with Crippen molar-refractivity contribution in [1.82, 2.24) is 9.55 Å². The predicted molar refractivity (Wildman–Crippen MR) is 76.0 cm³/mol. The molecule has 1 atom stereocenters. The quantitative estimate of drug-likeness (QED) is 0.803. The van der Waals surface area contributed by atoms with Crippen molar-refractivity contribution in [3.63, 3.8) is 0 Å². The maximum atomic E-state index is 12.2. The molecule has 0 amide bonds. The van der Waals surface area contributed by atoms with Crippen LogP contribution in [0.4, 0.5) is 5.82 Å². The molecule has 1 fully saturated rings. The maximum absolute atomic E-state index is 12.2. The molecule has 2 rings (SSSR count). The van der Waals surface area contributed by atoms with E-state index in [2.05, 4.69) is 4.98 Å². The highest BCUT2D eigenvalue weighted by Crippen LogP contribution is 2.33. The molecular formula is C12H18N4OS. The summed E-state index contributed by atoms with van der Waals surface area (Å²) in [7, 11) is 1.84. The fourth-order valence-corrected chi connectivity index (χ4v) is 1.98. The lowest BCUT2D eigenvalue weighted by Gasteiger charge is -2.21. The molecule has 0 spiro atoms. The summed E-state index contributed by atoms with van der Waals surface area (Å²) in [6.45, 7) is 2.55. The smallest absolute Gasteiger partial charge is 0.293 e. The Hall–Kier alpha value is -1.43. The number of anilines is 1. The lowest BCUT2D eigenvalue weighted by atomic mass is 10.2. The zero-order valence-corrected chi connectivity index (χ0v) is 11.5. The molecular weight excluding hydrogens is 248 g/mol. The fraction of sp³-hybridized carbons (Fsp3) is 0.583. The minimum absolute atomic E-state index is 0.0300. The van der Waals surface area contributed by atoms with Gasteiger partial charge in [0.05, 0.1) is 4.99 Å². The number of hydrogen-bond acceptors (Lipinski definition) is 4. The van der Waals surface area contributed by atoms with E-state index in [0.717, 1.165) is 12.8 Å². The van der Waals surface area contributed by atoms with E-state index in [1.54, 1.807) is 17.0 Å². The molecule has 0 bridgehead atoms. The minimum Gasteiger partial charge on any atom is -0.393 e. The average molecular weight is 266 g/mol. The first-order chi connectivity index (χ1) is 8.50. The van der Waals surface area contributed by atoms with Crippen LogP contribution in [0.2, 0.25) is 0 Å². The van der Waals surface area contributed by atoms with Gasteiger partial charge in [-0.1, -0.05) is 19.1 Å². The van der Waals surface area contributed by atoms with Crippen LogP contribution in [0.5, 0.6) is 0 Å². The monoisotopic (exact) mass is 266 g/mol. The molecule has 1 aromatic rings. The van der Waals surface area contributed by atoms with Gasteiger partial charge in [-0.15, -0.1) is 0 Å². The van der Waals surface area contributed by atoms with Crippen LogP contribution < -0.4 is 16.2 Å². The SMILES string of the molecule is CC(CN(C)c1nccn(C2CC2)c1=O)C(N)=S. The lowest BCUT2D eigenvalue weighted by molar-refractivity contribution is 0.677. The largest absolute Gasteiger partial charge is 0.393 e. The van der Waals surface area contributed by atoms with Gasteiger partial charge in [-0.05, 0) is 12.8 Å². The molecule has 1 heterocycles. The van der Waals surface area contributed by atoms with E-state index in [-0.39, 0.29) is 11.5 Å². The van der Waals surface area contributed by atoms with Crippen LogP contribution in [0.1, 0.15) is 25.8 Å². The first-order valence-corrected chi connectivity index (χ1v) is 6.49. The van der Waals surface area contributed by atoms with Crippen molar-refractivity contribution in [3.8, 4) is 0 Å². The summed E-state index contributed by atoms with van der Waals surface area (Å²) < 4.78 is 1.77. The maximum Gasteiger partial charge on any atom is 0.293 e. The van der Waals surface area contributed by atoms with Gasteiger partial charge < -0.3 is 15.2 Å². The zero-order chi connectivity index (χ0) is 13.3. The fourth-order valence-electron chi connectivity index (χ4n) is 1.90. The van der Waals surface area contributed by atoms with Gasteiger partial charge >= 0.3 is 0 Å². The predicted octanol–water partition coefficient (Wildman–Crippen LogP) is 0.937. The van der Waals surface area contributed by atoms with Crippen LogP contribution in [-0.4, -0.2) is 28.1 Å². The number of aromatic nitrogens is 2. The topological polar surface area (TPSA) is 64.2 Å². The standard InChI is InChI=1S/C12H18N4OS/c1-8(10(13)18)7-15(2)11-12(17)16(6-5-14-11)9-3-4-9/h5-6,8-9H,3-4,7H2,1-2H3,(H2,13,18). The van der Waals surface area contributed by atoms with E-state index < -0.39 is 0 Å². The molecule has 0 saturated heterocycles. The molecule has 1 aliphatic carbocycles. The molecule has 98 valence electrons. The Morgan fingerprint density at radius 3 is 2.94 bits per heavy atom. The summed E-state index contributed by atoms with van der Waals surface area (Å²) in [4.78, 5) is 18.7. The minimum atomic E-state index is -0.0300. The molecule has 18 heavy (non-hydrogen) atoms. The van der Waals surface area contributed by atoms with E-state index in [1.165, 1.54) is 0 Å². The summed E-state index contributed by atoms with van der Waals surface area (Å²) in [5.74, 6) is 0.522. The Labute approximate surface area is 112 Å². The van der Waals surface area contributed by atoms with Gasteiger partial charge in [0.1, 0.15) is 0 Å². The summed E-state index contributed by atoms with van der Waals surface area (Å²) in [6.07, 6.45) is 5.60. The molecule has 1 saturated carbocycles. The highest BCUT2D eigenvalue weighted by Gasteiger charge is 2.26. The summed E-state index contributed by atoms with van der Waals surface area (Å²) in [5.41, 5.74) is 5.56. The van der Waals surface area contributed by atoms with Gasteiger partial charge in [-0.3, -0.25) is 4.79 Å². The Kier molecular flexibility index (Phi) is 3.65. The molecule has 0 aromatic carbocycles. The van der Waals surface area contributed by atoms with Gasteiger partial charge in [0, 0.05) is 37.9 Å². The molecule has 1 aromatic heterocycles. The molecule has 2 N–H and O–H groups in total. The Balaban J connectivity index is 2.20. The number of hydrogen-bond donors (Lipinski definition) is 1. The van der Waals surface area contributed by atoms with Crippen LogP contribution in [0, 0.1) is 5.92 Å². The van der Waals surface area contributed by atoms with Gasteiger partial charge in [-0.25, -0.2) is 4.98 Å². The van der Waals surface area contributed by atoms with Gasteiger partial charge in [0.2, 0.25) is 0 Å². The van der Waals surface area contributed by atoms with Crippen molar-refractivity contribution in [2.24, 2.45) is 11.7 Å². The molecule has 1 aliphatic rings. The van der Waals surface area contributed by atoms with Crippen molar-refractivity contribution in [2.75, 3.05) is 18.5 Å². The Morgan fingerprint density at radius 1 is 1.72 bits per heavy atom. The van der Waals surface area contributed by atoms with Crippen molar-refractivity contribution < 1.29 is 0 Å². The van der Waals surface area contributed by atoms with E-state index in [4.69, 9.17) is 18.0 Å². The number of nitrogens with zero attached hydrogens (tertiary/aromatic N) is 3. The number of thiocarbonyl (C=S) groups is 1. The van der Waals surface area contributed by atoms with E-state index >= 15 is 0 Å². The highest BCUT2D eigenvalue weighted by molar-refractivity contribution is 7.80. The third-order valence-corrected chi connectivity index (χ3v) is 3.59. The van der Waals surface area contributed by atoms with Crippen molar-refractivity contribution in [2.45, 2.75) is 25.8 Å². The van der Waals surface area contributed by atoms with Crippen LogP contribution in [-0.2, 0) is 0 Å². The van der Waals surface area contributed by atoms with Gasteiger partial charge in [0.25, 0.3) is 5.56 Å². The highest BCUT2D eigenvalue weighted by atomic mass is 32.1. The van der Waals surface area contributed by atoms with Crippen molar-refractivity contribution in [1.29, 1.82) is 0 Å². The van der Waals surface area contributed by atoms with Crippen molar-refractivity contribution >= 4 is 23.0 Å². The third kappa shape index (κ3) is 2.69. The third-order valence-electron chi connectivity index (χ3n) is 3.19. The molecule has 5 nitrogen and oxygen atoms in total. The van der Waals surface area contributed by atoms with E-state index in [9.17, 15) is 4.79 Å². The second-order valence-electron chi connectivity index (χ2n) is 4.88. The van der Waals surface area contributed by atoms with Crippen LogP contribution in [0.15, 0.2) is 17.2 Å². The van der Waals surface area contributed by atoms with Crippen LogP contribution >= 0.6 is 12.2 Å². The van der Waals surface area contributed by atoms with Crippen LogP contribution in [0.3, 0.4) is 0 Å². The van der Waals surface area contributed by atoms with E-state index in [0.29, 0.717) is 23.4 Å². The summed E-state index contributed by atoms with van der Waals surface area (Å²) >= 11 is 4.94. The summed E-state index contributed by atoms with van der Waals surface area (Å²) in [6, 6.07) is 0.362. The Bertz CT molecular complexity index is 509. The van der Waals surface area contributed by atoms with Gasteiger partial charge in [-0.2, -0.15) is 0 Å². The normalized spacial score (nSPS) is 16.3. The second-order valence-corrected chi connectivity index (χ2v) is 5.35. The first kappa shape index (κ1) is 13.0.